The Kier molecular flexibility index (Phi) is 3.68. The van der Waals surface area contributed by atoms with E-state index in [1.807, 2.05) is 0 Å². The molecule has 88 valence electrons. The maximum absolute atomic E-state index is 2.39. The van der Waals surface area contributed by atoms with E-state index in [2.05, 4.69) is 38.1 Å². The van der Waals surface area contributed by atoms with Crippen LogP contribution in [0.2, 0.25) is 0 Å². The first-order chi connectivity index (χ1) is 7.82. The fourth-order valence-corrected chi connectivity index (χ4v) is 3.61. The lowest BCUT2D eigenvalue weighted by Gasteiger charge is -2.39. The van der Waals surface area contributed by atoms with Gasteiger partial charge in [-0.3, -0.25) is 0 Å². The molecule has 0 nitrogen and oxygen atoms in total. The Bertz CT molecular complexity index is 332. The summed E-state index contributed by atoms with van der Waals surface area (Å²) in [5, 5.41) is 0. The lowest BCUT2D eigenvalue weighted by Crippen LogP contribution is -2.30. The van der Waals surface area contributed by atoms with Gasteiger partial charge < -0.3 is 0 Å². The van der Waals surface area contributed by atoms with Crippen molar-refractivity contribution in [2.45, 2.75) is 64.2 Å². The molecule has 0 heterocycles. The first kappa shape index (κ1) is 11.7. The fourth-order valence-electron chi connectivity index (χ4n) is 3.61. The van der Waals surface area contributed by atoms with Crippen LogP contribution in [0.15, 0.2) is 24.3 Å². The van der Waals surface area contributed by atoms with Crippen molar-refractivity contribution < 1.29 is 0 Å². The average molecular weight is 216 g/mol. The van der Waals surface area contributed by atoms with E-state index in [4.69, 9.17) is 0 Å². The van der Waals surface area contributed by atoms with E-state index in [-0.39, 0.29) is 0 Å². The Hall–Kier alpha value is -0.780. The minimum absolute atomic E-state index is 0.512. The van der Waals surface area contributed by atoms with Crippen LogP contribution < -0.4 is 0 Å². The van der Waals surface area contributed by atoms with Gasteiger partial charge in [-0.05, 0) is 48.6 Å². The zero-order valence-electron chi connectivity index (χ0n) is 10.8. The standard InChI is InChI=1S/C16H24/c1-3-11-16(12-4-2)13-7-9-14-8-5-6-10-15(14)16/h5-6,8,10H,3-4,7,9,11-13H2,1-2H3. The summed E-state index contributed by atoms with van der Waals surface area (Å²) < 4.78 is 0. The van der Waals surface area contributed by atoms with Crippen molar-refractivity contribution in [1.29, 1.82) is 0 Å². The molecular weight excluding hydrogens is 192 g/mol. The Balaban J connectivity index is 2.39. The van der Waals surface area contributed by atoms with Gasteiger partial charge in [0.1, 0.15) is 0 Å². The molecule has 1 aromatic carbocycles. The lowest BCUT2D eigenvalue weighted by atomic mass is 9.65. The molecule has 0 N–H and O–H groups in total. The first-order valence-electron chi connectivity index (χ1n) is 6.91. The second-order valence-corrected chi connectivity index (χ2v) is 5.29. The van der Waals surface area contributed by atoms with E-state index in [0.29, 0.717) is 5.41 Å². The van der Waals surface area contributed by atoms with E-state index in [1.54, 1.807) is 11.1 Å². The summed E-state index contributed by atoms with van der Waals surface area (Å²) in [5.41, 5.74) is 3.80. The SMILES string of the molecule is CCCC1(CCC)CCCc2ccccc21. The monoisotopic (exact) mass is 216 g/mol. The Morgan fingerprint density at radius 1 is 1.06 bits per heavy atom. The predicted octanol–water partition coefficient (Wildman–Crippen LogP) is 4.86. The molecule has 0 spiro atoms. The van der Waals surface area contributed by atoms with Crippen molar-refractivity contribution in [2.75, 3.05) is 0 Å². The fraction of sp³-hybridized carbons (Fsp3) is 0.625. The zero-order valence-corrected chi connectivity index (χ0v) is 10.8. The summed E-state index contributed by atoms with van der Waals surface area (Å²) in [4.78, 5) is 0. The summed E-state index contributed by atoms with van der Waals surface area (Å²) >= 11 is 0. The van der Waals surface area contributed by atoms with Gasteiger partial charge in [0.25, 0.3) is 0 Å². The Morgan fingerprint density at radius 3 is 2.44 bits per heavy atom. The van der Waals surface area contributed by atoms with Gasteiger partial charge in [-0.15, -0.1) is 0 Å². The van der Waals surface area contributed by atoms with Gasteiger partial charge in [0.05, 0.1) is 0 Å². The molecule has 0 amide bonds. The number of benzene rings is 1. The van der Waals surface area contributed by atoms with Gasteiger partial charge in [0.2, 0.25) is 0 Å². The van der Waals surface area contributed by atoms with E-state index in [9.17, 15) is 0 Å². The van der Waals surface area contributed by atoms with Crippen molar-refractivity contribution in [3.8, 4) is 0 Å². The summed E-state index contributed by atoms with van der Waals surface area (Å²) in [6.45, 7) is 4.66. The maximum atomic E-state index is 2.39. The summed E-state index contributed by atoms with van der Waals surface area (Å²) in [7, 11) is 0. The van der Waals surface area contributed by atoms with Crippen LogP contribution in [0.5, 0.6) is 0 Å². The third-order valence-corrected chi connectivity index (χ3v) is 4.15. The third kappa shape index (κ3) is 2.03. The van der Waals surface area contributed by atoms with Crippen LogP contribution in [0, 0.1) is 0 Å². The summed E-state index contributed by atoms with van der Waals surface area (Å²) in [6, 6.07) is 9.16. The smallest absolute Gasteiger partial charge is 0.00443 e. The summed E-state index contributed by atoms with van der Waals surface area (Å²) in [6.07, 6.45) is 9.46. The highest BCUT2D eigenvalue weighted by Crippen LogP contribution is 2.44. The largest absolute Gasteiger partial charge is 0.0654 e. The van der Waals surface area contributed by atoms with Crippen molar-refractivity contribution in [2.24, 2.45) is 0 Å². The molecule has 1 aliphatic carbocycles. The molecule has 1 aromatic rings. The van der Waals surface area contributed by atoms with Crippen LogP contribution in [0.25, 0.3) is 0 Å². The van der Waals surface area contributed by atoms with E-state index in [0.717, 1.165) is 0 Å². The maximum Gasteiger partial charge on any atom is -0.00443 e. The van der Waals surface area contributed by atoms with Crippen molar-refractivity contribution in [3.05, 3.63) is 35.4 Å². The second kappa shape index (κ2) is 5.03. The molecule has 0 bridgehead atoms. The molecule has 2 rings (SSSR count). The Labute approximate surface area is 100 Å². The molecule has 0 unspecified atom stereocenters. The van der Waals surface area contributed by atoms with E-state index in [1.165, 1.54) is 44.9 Å². The quantitative estimate of drug-likeness (QED) is 0.674. The normalized spacial score (nSPS) is 18.1. The highest BCUT2D eigenvalue weighted by atomic mass is 14.4. The van der Waals surface area contributed by atoms with Gasteiger partial charge >= 0.3 is 0 Å². The molecular formula is C16H24. The number of hydrogen-bond acceptors (Lipinski definition) is 0. The molecule has 0 saturated heterocycles. The number of aryl methyl sites for hydroxylation is 1. The molecule has 1 aliphatic rings. The van der Waals surface area contributed by atoms with Crippen LogP contribution in [0.4, 0.5) is 0 Å². The van der Waals surface area contributed by atoms with Gasteiger partial charge in [0, 0.05) is 0 Å². The molecule has 0 saturated carbocycles. The van der Waals surface area contributed by atoms with Crippen LogP contribution in [0.1, 0.15) is 63.5 Å². The molecule has 0 aromatic heterocycles. The minimum Gasteiger partial charge on any atom is -0.0654 e. The topological polar surface area (TPSA) is 0 Å². The van der Waals surface area contributed by atoms with Gasteiger partial charge in [0.15, 0.2) is 0 Å². The van der Waals surface area contributed by atoms with Crippen molar-refractivity contribution in [1.82, 2.24) is 0 Å². The van der Waals surface area contributed by atoms with Crippen molar-refractivity contribution >= 4 is 0 Å². The van der Waals surface area contributed by atoms with Crippen LogP contribution >= 0.6 is 0 Å². The lowest BCUT2D eigenvalue weighted by molar-refractivity contribution is 0.305. The molecule has 0 radical (unpaired) electrons. The number of hydrogen-bond donors (Lipinski definition) is 0. The van der Waals surface area contributed by atoms with E-state index < -0.39 is 0 Å². The highest BCUT2D eigenvalue weighted by Gasteiger charge is 2.34. The number of rotatable bonds is 4. The predicted molar refractivity (Wildman–Crippen MR) is 70.9 cm³/mol. The summed E-state index contributed by atoms with van der Waals surface area (Å²) in [5.74, 6) is 0. The zero-order chi connectivity index (χ0) is 11.4. The van der Waals surface area contributed by atoms with Gasteiger partial charge in [-0.25, -0.2) is 0 Å². The van der Waals surface area contributed by atoms with E-state index >= 15 is 0 Å². The molecule has 0 heteroatoms. The Morgan fingerprint density at radius 2 is 1.75 bits per heavy atom. The first-order valence-corrected chi connectivity index (χ1v) is 6.91. The second-order valence-electron chi connectivity index (χ2n) is 5.29. The number of fused-ring (bicyclic) bond motifs is 1. The van der Waals surface area contributed by atoms with Crippen molar-refractivity contribution in [3.63, 3.8) is 0 Å². The highest BCUT2D eigenvalue weighted by molar-refractivity contribution is 5.36. The van der Waals surface area contributed by atoms with Crippen LogP contribution in [-0.4, -0.2) is 0 Å². The average Bonchev–Trinajstić information content (AvgIpc) is 2.30. The third-order valence-electron chi connectivity index (χ3n) is 4.15. The molecule has 16 heavy (non-hydrogen) atoms. The van der Waals surface area contributed by atoms with Gasteiger partial charge in [-0.1, -0.05) is 51.0 Å². The molecule has 0 fully saturated rings. The van der Waals surface area contributed by atoms with Crippen LogP contribution in [-0.2, 0) is 11.8 Å². The minimum atomic E-state index is 0.512. The molecule has 0 aliphatic heterocycles. The van der Waals surface area contributed by atoms with Crippen LogP contribution in [0.3, 0.4) is 0 Å². The van der Waals surface area contributed by atoms with Gasteiger partial charge in [-0.2, -0.15) is 0 Å². The molecule has 0 atom stereocenters.